The van der Waals surface area contributed by atoms with Gasteiger partial charge in [0.05, 0.1) is 19.2 Å². The van der Waals surface area contributed by atoms with Gasteiger partial charge in [-0.2, -0.15) is 0 Å². The number of hydrogen-bond donors (Lipinski definition) is 3. The van der Waals surface area contributed by atoms with Crippen molar-refractivity contribution < 1.29 is 24.0 Å². The topological polar surface area (TPSA) is 88.9 Å². The Balaban J connectivity index is 2.12. The predicted octanol–water partition coefficient (Wildman–Crippen LogP) is 0.639. The molecule has 27 heavy (non-hydrogen) atoms. The zero-order chi connectivity index (χ0) is 20.0. The van der Waals surface area contributed by atoms with E-state index in [1.54, 1.807) is 0 Å². The van der Waals surface area contributed by atoms with Crippen LogP contribution in [-0.2, 0) is 27.2 Å². The molecule has 2 atom stereocenters. The number of esters is 1. The van der Waals surface area contributed by atoms with Gasteiger partial charge in [0, 0.05) is 11.4 Å². The number of amides is 2. The number of ether oxygens (including phenoxy) is 1. The van der Waals surface area contributed by atoms with Crippen molar-refractivity contribution in [1.82, 2.24) is 5.32 Å². The Morgan fingerprint density at radius 1 is 1.22 bits per heavy atom. The molecule has 1 unspecified atom stereocenters. The Labute approximate surface area is 164 Å². The summed E-state index contributed by atoms with van der Waals surface area (Å²) >= 11 is 1.47. The summed E-state index contributed by atoms with van der Waals surface area (Å²) in [5.41, 5.74) is 1.52. The number of nitrogens with one attached hydrogen (secondary N) is 3. The molecule has 1 aliphatic rings. The molecule has 8 heteroatoms. The summed E-state index contributed by atoms with van der Waals surface area (Å²) in [4.78, 5) is 38.7. The molecule has 0 saturated heterocycles. The number of carbonyl (C=O) groups excluding carboxylic acids is 3. The number of fused-ring (bicyclic) bond motifs is 1. The second kappa shape index (κ2) is 9.85. The van der Waals surface area contributed by atoms with E-state index in [1.165, 1.54) is 18.4 Å². The second-order valence-electron chi connectivity index (χ2n) is 7.01. The lowest BCUT2D eigenvalue weighted by Gasteiger charge is -2.18. The Bertz CT molecular complexity index is 701. The molecule has 1 aromatic heterocycles. The standard InChI is InChI=1S/C19H29N3O4S/c1-5-20-15(23)10-22(6-2)11-16(24)21-18-17(19(25)26-4)13-8-7-12(3)9-14(13)27-18/h12H,5-11H2,1-4H3,(H,20,23)(H,21,24)/p+1/t12-/m1/s1. The Morgan fingerprint density at radius 3 is 2.56 bits per heavy atom. The third-order valence-electron chi connectivity index (χ3n) is 4.85. The Hall–Kier alpha value is -1.93. The van der Waals surface area contributed by atoms with Gasteiger partial charge in [0.15, 0.2) is 13.1 Å². The van der Waals surface area contributed by atoms with Gasteiger partial charge < -0.3 is 20.3 Å². The maximum Gasteiger partial charge on any atom is 0.341 e. The van der Waals surface area contributed by atoms with Crippen molar-refractivity contribution in [2.24, 2.45) is 5.92 Å². The number of anilines is 1. The summed E-state index contributed by atoms with van der Waals surface area (Å²) in [6, 6.07) is 0. The van der Waals surface area contributed by atoms with E-state index < -0.39 is 5.97 Å². The molecule has 2 rings (SSSR count). The lowest BCUT2D eigenvalue weighted by Crippen LogP contribution is -3.14. The van der Waals surface area contributed by atoms with Crippen molar-refractivity contribution in [2.45, 2.75) is 40.0 Å². The number of carbonyl (C=O) groups is 3. The van der Waals surface area contributed by atoms with Crippen LogP contribution in [0.4, 0.5) is 5.00 Å². The fourth-order valence-corrected chi connectivity index (χ4v) is 4.77. The van der Waals surface area contributed by atoms with Crippen LogP contribution in [0, 0.1) is 5.92 Å². The minimum Gasteiger partial charge on any atom is -0.465 e. The van der Waals surface area contributed by atoms with E-state index in [0.717, 1.165) is 34.6 Å². The van der Waals surface area contributed by atoms with Crippen LogP contribution in [-0.4, -0.2) is 51.1 Å². The van der Waals surface area contributed by atoms with E-state index in [0.29, 0.717) is 29.6 Å². The van der Waals surface area contributed by atoms with Crippen LogP contribution >= 0.6 is 11.3 Å². The van der Waals surface area contributed by atoms with E-state index in [4.69, 9.17) is 4.74 Å². The van der Waals surface area contributed by atoms with Gasteiger partial charge in [0.1, 0.15) is 5.00 Å². The first-order valence-corrected chi connectivity index (χ1v) is 10.3. The minimum atomic E-state index is -0.403. The first-order valence-electron chi connectivity index (χ1n) is 9.52. The van der Waals surface area contributed by atoms with Crippen molar-refractivity contribution in [3.63, 3.8) is 0 Å². The second-order valence-corrected chi connectivity index (χ2v) is 8.11. The lowest BCUT2D eigenvalue weighted by molar-refractivity contribution is -0.881. The molecule has 0 spiro atoms. The van der Waals surface area contributed by atoms with Crippen molar-refractivity contribution in [2.75, 3.05) is 38.6 Å². The largest absolute Gasteiger partial charge is 0.465 e. The summed E-state index contributed by atoms with van der Waals surface area (Å²) < 4.78 is 4.95. The van der Waals surface area contributed by atoms with Gasteiger partial charge in [0.25, 0.3) is 11.8 Å². The molecule has 1 heterocycles. The first-order chi connectivity index (χ1) is 12.9. The molecule has 0 aromatic carbocycles. The van der Waals surface area contributed by atoms with Crippen LogP contribution in [0.2, 0.25) is 0 Å². The molecule has 2 amide bonds. The van der Waals surface area contributed by atoms with Crippen LogP contribution < -0.4 is 15.5 Å². The van der Waals surface area contributed by atoms with E-state index in [2.05, 4.69) is 17.6 Å². The molecule has 0 fully saturated rings. The molecule has 1 aromatic rings. The molecule has 0 aliphatic heterocycles. The number of likely N-dealkylation sites (N-methyl/N-ethyl adjacent to an activating group) is 2. The fraction of sp³-hybridized carbons (Fsp3) is 0.632. The highest BCUT2D eigenvalue weighted by molar-refractivity contribution is 7.17. The SMILES string of the molecule is CCNC(=O)C[NH+](CC)CC(=O)Nc1sc2c(c1C(=O)OC)CC[C@@H](C)C2. The van der Waals surface area contributed by atoms with Gasteiger partial charge in [-0.1, -0.05) is 6.92 Å². The molecule has 7 nitrogen and oxygen atoms in total. The van der Waals surface area contributed by atoms with E-state index in [9.17, 15) is 14.4 Å². The molecular formula is C19H30N3O4S+. The number of rotatable bonds is 8. The quantitative estimate of drug-likeness (QED) is 0.563. The van der Waals surface area contributed by atoms with Gasteiger partial charge >= 0.3 is 5.97 Å². The fourth-order valence-electron chi connectivity index (χ4n) is 3.35. The van der Waals surface area contributed by atoms with E-state index >= 15 is 0 Å². The Morgan fingerprint density at radius 2 is 1.93 bits per heavy atom. The minimum absolute atomic E-state index is 0.0713. The predicted molar refractivity (Wildman–Crippen MR) is 105 cm³/mol. The molecule has 0 bridgehead atoms. The van der Waals surface area contributed by atoms with Crippen molar-refractivity contribution in [3.8, 4) is 0 Å². The number of methoxy groups -OCH3 is 1. The summed E-state index contributed by atoms with van der Waals surface area (Å²) in [5.74, 6) is -0.104. The van der Waals surface area contributed by atoms with E-state index in [1.807, 2.05) is 13.8 Å². The van der Waals surface area contributed by atoms with Crippen LogP contribution in [0.5, 0.6) is 0 Å². The summed E-state index contributed by atoms with van der Waals surface area (Å²) in [5, 5.41) is 6.21. The first kappa shape index (κ1) is 21.4. The highest BCUT2D eigenvalue weighted by atomic mass is 32.1. The molecule has 1 aliphatic carbocycles. The molecule has 3 N–H and O–H groups in total. The summed E-state index contributed by atoms with van der Waals surface area (Å²) in [6.45, 7) is 7.66. The van der Waals surface area contributed by atoms with Crippen molar-refractivity contribution in [3.05, 3.63) is 16.0 Å². The number of hydrogen-bond acceptors (Lipinski definition) is 5. The lowest BCUT2D eigenvalue weighted by atomic mass is 9.88. The zero-order valence-electron chi connectivity index (χ0n) is 16.6. The Kier molecular flexibility index (Phi) is 7.79. The van der Waals surface area contributed by atoms with Gasteiger partial charge in [-0.15, -0.1) is 11.3 Å². The smallest absolute Gasteiger partial charge is 0.341 e. The maximum atomic E-state index is 12.6. The third-order valence-corrected chi connectivity index (χ3v) is 6.02. The monoisotopic (exact) mass is 396 g/mol. The molecule has 150 valence electrons. The normalized spacial score (nSPS) is 17.0. The average Bonchev–Trinajstić information content (AvgIpc) is 2.97. The summed E-state index contributed by atoms with van der Waals surface area (Å²) in [7, 11) is 1.36. The average molecular weight is 397 g/mol. The maximum absolute atomic E-state index is 12.6. The third kappa shape index (κ3) is 5.52. The van der Waals surface area contributed by atoms with Crippen molar-refractivity contribution in [1.29, 1.82) is 0 Å². The van der Waals surface area contributed by atoms with E-state index in [-0.39, 0.29) is 24.9 Å². The van der Waals surface area contributed by atoms with Gasteiger partial charge in [-0.05, 0) is 44.6 Å². The van der Waals surface area contributed by atoms with Crippen LogP contribution in [0.15, 0.2) is 0 Å². The zero-order valence-corrected chi connectivity index (χ0v) is 17.4. The van der Waals surface area contributed by atoms with Crippen LogP contribution in [0.1, 0.15) is 48.0 Å². The highest BCUT2D eigenvalue weighted by Gasteiger charge is 2.29. The molecular weight excluding hydrogens is 366 g/mol. The summed E-state index contributed by atoms with van der Waals surface area (Å²) in [6.07, 6.45) is 2.78. The van der Waals surface area contributed by atoms with Gasteiger partial charge in [-0.25, -0.2) is 4.79 Å². The highest BCUT2D eigenvalue weighted by Crippen LogP contribution is 2.39. The number of quaternary nitrogens is 1. The van der Waals surface area contributed by atoms with Gasteiger partial charge in [-0.3, -0.25) is 9.59 Å². The van der Waals surface area contributed by atoms with Crippen LogP contribution in [0.25, 0.3) is 0 Å². The molecule has 0 radical (unpaired) electrons. The number of thiophene rings is 1. The molecule has 0 saturated carbocycles. The van der Waals surface area contributed by atoms with Crippen molar-refractivity contribution >= 4 is 34.1 Å². The van der Waals surface area contributed by atoms with Crippen LogP contribution in [0.3, 0.4) is 0 Å². The van der Waals surface area contributed by atoms with Gasteiger partial charge in [0.2, 0.25) is 0 Å².